The molecule has 5 rings (SSSR count). The predicted molar refractivity (Wildman–Crippen MR) is 135 cm³/mol. The van der Waals surface area contributed by atoms with Crippen molar-refractivity contribution in [2.24, 2.45) is 0 Å². The number of imide groups is 1. The van der Waals surface area contributed by atoms with Crippen molar-refractivity contribution in [1.82, 2.24) is 10.2 Å². The number of para-hydroxylation sites is 1. The van der Waals surface area contributed by atoms with E-state index in [1.165, 1.54) is 0 Å². The molecule has 4 amide bonds. The number of aryl methyl sites for hydroxylation is 1. The lowest BCUT2D eigenvalue weighted by atomic mass is 9.92. The molecule has 3 aromatic carbocycles. The van der Waals surface area contributed by atoms with Crippen LogP contribution in [-0.4, -0.2) is 35.3 Å². The molecule has 1 spiro atoms. The molecular weight excluding hydrogens is 440 g/mol. The second-order valence-electron chi connectivity index (χ2n) is 9.28. The molecule has 0 aromatic heterocycles. The monoisotopic (exact) mass is 468 g/mol. The van der Waals surface area contributed by atoms with Gasteiger partial charge in [-0.2, -0.15) is 0 Å². The van der Waals surface area contributed by atoms with Crippen LogP contribution in [0.2, 0.25) is 0 Å². The van der Waals surface area contributed by atoms with Crippen molar-refractivity contribution in [3.8, 4) is 0 Å². The van der Waals surface area contributed by atoms with Gasteiger partial charge in [-0.1, -0.05) is 42.5 Å². The fourth-order valence-corrected chi connectivity index (χ4v) is 5.07. The maximum atomic E-state index is 13.4. The van der Waals surface area contributed by atoms with Crippen LogP contribution >= 0.6 is 0 Å². The Balaban J connectivity index is 1.33. The van der Waals surface area contributed by atoms with Gasteiger partial charge in [0.25, 0.3) is 5.91 Å². The Morgan fingerprint density at radius 1 is 0.971 bits per heavy atom. The van der Waals surface area contributed by atoms with E-state index in [0.29, 0.717) is 18.5 Å². The van der Waals surface area contributed by atoms with Crippen LogP contribution < -0.4 is 15.5 Å². The molecular formula is C28H28N4O3. The summed E-state index contributed by atoms with van der Waals surface area (Å²) in [7, 11) is 0. The molecule has 0 saturated carbocycles. The Bertz CT molecular complexity index is 1270. The third-order valence-corrected chi connectivity index (χ3v) is 6.71. The van der Waals surface area contributed by atoms with E-state index < -0.39 is 11.6 Å². The minimum absolute atomic E-state index is 0.155. The number of carbonyl (C=O) groups excluding carboxylic acids is 3. The maximum absolute atomic E-state index is 13.4. The smallest absolute Gasteiger partial charge is 0.325 e. The summed E-state index contributed by atoms with van der Waals surface area (Å²) in [6.07, 6.45) is 1.22. The molecule has 1 aliphatic heterocycles. The van der Waals surface area contributed by atoms with Gasteiger partial charge < -0.3 is 15.5 Å². The number of nitrogens with zero attached hydrogens (tertiary/aromatic N) is 2. The highest BCUT2D eigenvalue weighted by atomic mass is 16.2. The molecule has 3 aromatic rings. The number of carbonyl (C=O) groups is 3. The van der Waals surface area contributed by atoms with E-state index in [0.717, 1.165) is 27.4 Å². The zero-order valence-electron chi connectivity index (χ0n) is 19.8. The van der Waals surface area contributed by atoms with Crippen LogP contribution in [0.5, 0.6) is 0 Å². The Morgan fingerprint density at radius 2 is 1.63 bits per heavy atom. The Hall–Kier alpha value is -4.13. The summed E-state index contributed by atoms with van der Waals surface area (Å²) >= 11 is 0. The number of anilines is 3. The molecule has 1 atom stereocenters. The van der Waals surface area contributed by atoms with E-state index in [4.69, 9.17) is 0 Å². The van der Waals surface area contributed by atoms with E-state index in [1.807, 2.05) is 92.7 Å². The van der Waals surface area contributed by atoms with Crippen LogP contribution in [0.1, 0.15) is 31.4 Å². The van der Waals surface area contributed by atoms with Gasteiger partial charge in [-0.05, 0) is 74.2 Å². The van der Waals surface area contributed by atoms with E-state index in [-0.39, 0.29) is 24.4 Å². The van der Waals surface area contributed by atoms with Crippen molar-refractivity contribution in [3.63, 3.8) is 0 Å². The average Bonchev–Trinajstić information content (AvgIpc) is 3.34. The van der Waals surface area contributed by atoms with E-state index in [1.54, 1.807) is 4.90 Å². The van der Waals surface area contributed by atoms with Gasteiger partial charge >= 0.3 is 6.03 Å². The zero-order valence-corrected chi connectivity index (χ0v) is 19.8. The first-order chi connectivity index (χ1) is 16.9. The standard InChI is InChI=1S/C28H28N4O3/c1-19(2)32(23-14-12-22(13-15-23)29-21-9-4-3-5-10-21)25(33)18-31-26(34)28(30-27(31)35)17-16-20-8-6-7-11-24(20)28/h3-15,19,29H,16-18H2,1-2H3,(H,30,35)/t28-/m1/s1. The quantitative estimate of drug-likeness (QED) is 0.520. The highest BCUT2D eigenvalue weighted by Gasteiger charge is 2.55. The third-order valence-electron chi connectivity index (χ3n) is 6.71. The first-order valence-electron chi connectivity index (χ1n) is 11.9. The largest absolute Gasteiger partial charge is 0.356 e. The molecule has 1 fully saturated rings. The molecule has 7 nitrogen and oxygen atoms in total. The van der Waals surface area contributed by atoms with Gasteiger partial charge in [0.05, 0.1) is 0 Å². The Kier molecular flexibility index (Phi) is 5.76. The average molecular weight is 469 g/mol. The molecule has 7 heteroatoms. The van der Waals surface area contributed by atoms with Crippen molar-refractivity contribution in [3.05, 3.63) is 90.0 Å². The lowest BCUT2D eigenvalue weighted by Crippen LogP contribution is -2.47. The molecule has 1 heterocycles. The second-order valence-corrected chi connectivity index (χ2v) is 9.28. The van der Waals surface area contributed by atoms with Crippen LogP contribution in [-0.2, 0) is 21.5 Å². The maximum Gasteiger partial charge on any atom is 0.325 e. The molecule has 2 N–H and O–H groups in total. The molecule has 1 saturated heterocycles. The highest BCUT2D eigenvalue weighted by Crippen LogP contribution is 2.41. The fourth-order valence-electron chi connectivity index (χ4n) is 5.07. The van der Waals surface area contributed by atoms with Gasteiger partial charge in [-0.3, -0.25) is 14.5 Å². The van der Waals surface area contributed by atoms with Crippen LogP contribution in [0.25, 0.3) is 0 Å². The summed E-state index contributed by atoms with van der Waals surface area (Å²) in [4.78, 5) is 42.4. The van der Waals surface area contributed by atoms with Gasteiger partial charge in [0.15, 0.2) is 0 Å². The lowest BCUT2D eigenvalue weighted by molar-refractivity contribution is -0.134. The summed E-state index contributed by atoms with van der Waals surface area (Å²) in [5.41, 5.74) is 3.39. The normalized spacial score (nSPS) is 18.7. The van der Waals surface area contributed by atoms with Gasteiger partial charge in [0.1, 0.15) is 12.1 Å². The van der Waals surface area contributed by atoms with E-state index in [9.17, 15) is 14.4 Å². The minimum Gasteiger partial charge on any atom is -0.356 e. The third kappa shape index (κ3) is 4.03. The topological polar surface area (TPSA) is 81.8 Å². The summed E-state index contributed by atoms with van der Waals surface area (Å²) in [5.74, 6) is -0.664. The molecule has 178 valence electrons. The number of hydrogen-bond acceptors (Lipinski definition) is 4. The zero-order chi connectivity index (χ0) is 24.6. The molecule has 35 heavy (non-hydrogen) atoms. The number of benzene rings is 3. The molecule has 0 bridgehead atoms. The van der Waals surface area contributed by atoms with Crippen molar-refractivity contribution in [1.29, 1.82) is 0 Å². The van der Waals surface area contributed by atoms with Crippen LogP contribution in [0.4, 0.5) is 21.9 Å². The van der Waals surface area contributed by atoms with Gasteiger partial charge in [0, 0.05) is 23.1 Å². The summed E-state index contributed by atoms with van der Waals surface area (Å²) in [6, 6.07) is 24.4. The van der Waals surface area contributed by atoms with Crippen molar-refractivity contribution >= 4 is 34.9 Å². The van der Waals surface area contributed by atoms with Gasteiger partial charge in [0.2, 0.25) is 5.91 Å². The second kappa shape index (κ2) is 8.91. The van der Waals surface area contributed by atoms with Gasteiger partial charge in [-0.15, -0.1) is 0 Å². The molecule has 2 aliphatic rings. The fraction of sp³-hybridized carbons (Fsp3) is 0.250. The number of fused-ring (bicyclic) bond motifs is 2. The highest BCUT2D eigenvalue weighted by molar-refractivity contribution is 6.11. The molecule has 1 aliphatic carbocycles. The van der Waals surface area contributed by atoms with E-state index in [2.05, 4.69) is 10.6 Å². The number of amides is 4. The predicted octanol–water partition coefficient (Wildman–Crippen LogP) is 4.57. The van der Waals surface area contributed by atoms with Crippen LogP contribution in [0.3, 0.4) is 0 Å². The summed E-state index contributed by atoms with van der Waals surface area (Å²) < 4.78 is 0. The number of urea groups is 1. The first kappa shape index (κ1) is 22.7. The summed E-state index contributed by atoms with van der Waals surface area (Å²) in [6.45, 7) is 3.51. The Morgan fingerprint density at radius 3 is 2.34 bits per heavy atom. The van der Waals surface area contributed by atoms with Crippen LogP contribution in [0, 0.1) is 0 Å². The molecule has 0 radical (unpaired) electrons. The van der Waals surface area contributed by atoms with Crippen molar-refractivity contribution < 1.29 is 14.4 Å². The SMILES string of the molecule is CC(C)N(C(=O)CN1C(=O)N[C@@]2(CCc3ccccc32)C1=O)c1ccc(Nc2ccccc2)cc1. The number of nitrogens with one attached hydrogen (secondary N) is 2. The number of rotatable bonds is 6. The van der Waals surface area contributed by atoms with E-state index >= 15 is 0 Å². The number of hydrogen-bond donors (Lipinski definition) is 2. The van der Waals surface area contributed by atoms with Crippen LogP contribution in [0.15, 0.2) is 78.9 Å². The van der Waals surface area contributed by atoms with Gasteiger partial charge in [-0.25, -0.2) is 4.79 Å². The van der Waals surface area contributed by atoms with Crippen molar-refractivity contribution in [2.75, 3.05) is 16.8 Å². The summed E-state index contributed by atoms with van der Waals surface area (Å²) in [5, 5.41) is 6.21. The first-order valence-corrected chi connectivity index (χ1v) is 11.9. The minimum atomic E-state index is -1.07. The van der Waals surface area contributed by atoms with Crippen molar-refractivity contribution in [2.45, 2.75) is 38.3 Å². The molecule has 0 unspecified atom stereocenters. The lowest BCUT2D eigenvalue weighted by Gasteiger charge is -2.29. The Labute approximate surface area is 204 Å².